The Morgan fingerprint density at radius 3 is 2.48 bits per heavy atom. The zero-order valence-electron chi connectivity index (χ0n) is 20.1. The van der Waals surface area contributed by atoms with Crippen LogP contribution in [0, 0.1) is 0 Å². The molecule has 0 amide bonds. The summed E-state index contributed by atoms with van der Waals surface area (Å²) in [6, 6.07) is 17.5. The number of nitrogens with one attached hydrogen (secondary N) is 2. The van der Waals surface area contributed by atoms with Gasteiger partial charge in [0.15, 0.2) is 5.96 Å². The van der Waals surface area contributed by atoms with Crippen LogP contribution in [0.15, 0.2) is 53.5 Å². The third-order valence-corrected chi connectivity index (χ3v) is 6.52. The molecule has 2 heterocycles. The average Bonchev–Trinajstić information content (AvgIpc) is 2.86. The third kappa shape index (κ3) is 7.29. The van der Waals surface area contributed by atoms with Gasteiger partial charge in [-0.25, -0.2) is 4.99 Å². The number of ether oxygens (including phenoxy) is 1. The summed E-state index contributed by atoms with van der Waals surface area (Å²) < 4.78 is 5.49. The Hall–Kier alpha value is -2.41. The number of nitrogens with zero attached hydrogens (tertiary/aromatic N) is 3. The SMILES string of the molecule is CCNC(=NCc1ccccc1CN1CCOCC1)NCCCN1CCc2ccccc2C1. The van der Waals surface area contributed by atoms with Gasteiger partial charge >= 0.3 is 0 Å². The van der Waals surface area contributed by atoms with Crippen molar-refractivity contribution >= 4 is 5.96 Å². The molecule has 0 atom stereocenters. The molecule has 2 N–H and O–H groups in total. The molecular weight excluding hydrogens is 410 g/mol. The molecule has 2 aromatic rings. The lowest BCUT2D eigenvalue weighted by atomic mass is 10.00. The molecule has 0 radical (unpaired) electrons. The van der Waals surface area contributed by atoms with Gasteiger partial charge in [-0.1, -0.05) is 48.5 Å². The zero-order valence-corrected chi connectivity index (χ0v) is 20.1. The van der Waals surface area contributed by atoms with Crippen molar-refractivity contribution < 1.29 is 4.74 Å². The van der Waals surface area contributed by atoms with E-state index in [0.29, 0.717) is 6.54 Å². The van der Waals surface area contributed by atoms with Crippen molar-refractivity contribution in [1.29, 1.82) is 0 Å². The summed E-state index contributed by atoms with van der Waals surface area (Å²) in [4.78, 5) is 9.92. The van der Waals surface area contributed by atoms with Gasteiger partial charge in [0, 0.05) is 52.4 Å². The summed E-state index contributed by atoms with van der Waals surface area (Å²) in [5, 5.41) is 6.94. The van der Waals surface area contributed by atoms with Crippen molar-refractivity contribution in [3.8, 4) is 0 Å². The van der Waals surface area contributed by atoms with Crippen molar-refractivity contribution in [3.63, 3.8) is 0 Å². The molecule has 2 aliphatic rings. The van der Waals surface area contributed by atoms with Crippen LogP contribution < -0.4 is 10.6 Å². The Morgan fingerprint density at radius 1 is 0.909 bits per heavy atom. The van der Waals surface area contributed by atoms with E-state index in [0.717, 1.165) is 84.4 Å². The van der Waals surface area contributed by atoms with E-state index in [4.69, 9.17) is 9.73 Å². The van der Waals surface area contributed by atoms with Gasteiger partial charge < -0.3 is 15.4 Å². The number of aliphatic imine (C=N–C) groups is 1. The Balaban J connectivity index is 1.25. The number of hydrogen-bond donors (Lipinski definition) is 2. The molecule has 2 aliphatic heterocycles. The van der Waals surface area contributed by atoms with Crippen LogP contribution in [0.3, 0.4) is 0 Å². The summed E-state index contributed by atoms with van der Waals surface area (Å²) in [6.45, 7) is 12.6. The van der Waals surface area contributed by atoms with Crippen LogP contribution in [0.4, 0.5) is 0 Å². The van der Waals surface area contributed by atoms with Crippen molar-refractivity contribution in [1.82, 2.24) is 20.4 Å². The molecule has 0 unspecified atom stereocenters. The summed E-state index contributed by atoms with van der Waals surface area (Å²) in [5.41, 5.74) is 5.67. The number of hydrogen-bond acceptors (Lipinski definition) is 4. The first kappa shape index (κ1) is 23.7. The zero-order chi connectivity index (χ0) is 22.7. The number of rotatable bonds is 9. The first-order valence-corrected chi connectivity index (χ1v) is 12.5. The van der Waals surface area contributed by atoms with E-state index in [1.54, 1.807) is 0 Å². The summed E-state index contributed by atoms with van der Waals surface area (Å²) in [6.07, 6.45) is 2.28. The Bertz CT molecular complexity index is 894. The van der Waals surface area contributed by atoms with Crippen LogP contribution in [-0.2, 0) is 30.8 Å². The second kappa shape index (κ2) is 12.7. The summed E-state index contributed by atoms with van der Waals surface area (Å²) in [7, 11) is 0. The van der Waals surface area contributed by atoms with Gasteiger partial charge in [0.25, 0.3) is 0 Å². The molecule has 6 nitrogen and oxygen atoms in total. The van der Waals surface area contributed by atoms with Gasteiger partial charge in [-0.2, -0.15) is 0 Å². The van der Waals surface area contributed by atoms with Crippen molar-refractivity contribution in [3.05, 3.63) is 70.8 Å². The fourth-order valence-electron chi connectivity index (χ4n) is 4.63. The number of fused-ring (bicyclic) bond motifs is 1. The van der Waals surface area contributed by atoms with Gasteiger partial charge in [-0.3, -0.25) is 9.80 Å². The summed E-state index contributed by atoms with van der Waals surface area (Å²) >= 11 is 0. The lowest BCUT2D eigenvalue weighted by molar-refractivity contribution is 0.0341. The van der Waals surface area contributed by atoms with Crippen LogP contribution in [0.1, 0.15) is 35.6 Å². The number of benzene rings is 2. The smallest absolute Gasteiger partial charge is 0.191 e. The van der Waals surface area contributed by atoms with Crippen LogP contribution in [0.5, 0.6) is 0 Å². The van der Waals surface area contributed by atoms with Crippen molar-refractivity contribution in [2.75, 3.05) is 52.5 Å². The molecule has 0 spiro atoms. The lowest BCUT2D eigenvalue weighted by Gasteiger charge is -2.28. The highest BCUT2D eigenvalue weighted by atomic mass is 16.5. The van der Waals surface area contributed by atoms with E-state index >= 15 is 0 Å². The Morgan fingerprint density at radius 2 is 1.67 bits per heavy atom. The normalized spacial score (nSPS) is 17.5. The van der Waals surface area contributed by atoms with E-state index in [1.165, 1.54) is 22.3 Å². The van der Waals surface area contributed by atoms with E-state index in [9.17, 15) is 0 Å². The molecule has 178 valence electrons. The molecule has 0 aliphatic carbocycles. The monoisotopic (exact) mass is 449 g/mol. The van der Waals surface area contributed by atoms with Gasteiger partial charge in [0.2, 0.25) is 0 Å². The molecule has 0 bridgehead atoms. The molecule has 4 rings (SSSR count). The standard InChI is InChI=1S/C27H39N5O/c1-2-28-27(29-13-7-14-31-15-12-23-8-3-5-10-25(23)21-31)30-20-24-9-4-6-11-26(24)22-32-16-18-33-19-17-32/h3-6,8-11H,2,7,12-22H2,1H3,(H2,28,29,30). The quantitative estimate of drug-likeness (QED) is 0.350. The highest BCUT2D eigenvalue weighted by Crippen LogP contribution is 2.18. The van der Waals surface area contributed by atoms with Crippen LogP contribution in [0.2, 0.25) is 0 Å². The third-order valence-electron chi connectivity index (χ3n) is 6.52. The Labute approximate surface area is 199 Å². The molecule has 33 heavy (non-hydrogen) atoms. The first-order chi connectivity index (χ1) is 16.3. The minimum atomic E-state index is 0.693. The second-order valence-electron chi connectivity index (χ2n) is 8.93. The highest BCUT2D eigenvalue weighted by Gasteiger charge is 2.15. The minimum Gasteiger partial charge on any atom is -0.379 e. The highest BCUT2D eigenvalue weighted by molar-refractivity contribution is 5.79. The van der Waals surface area contributed by atoms with Gasteiger partial charge in [-0.05, 0) is 42.0 Å². The maximum Gasteiger partial charge on any atom is 0.191 e. The predicted molar refractivity (Wildman–Crippen MR) is 135 cm³/mol. The molecule has 0 saturated carbocycles. The minimum absolute atomic E-state index is 0.693. The largest absolute Gasteiger partial charge is 0.379 e. The van der Waals surface area contributed by atoms with Gasteiger partial charge in [-0.15, -0.1) is 0 Å². The van der Waals surface area contributed by atoms with Gasteiger partial charge in [0.05, 0.1) is 19.8 Å². The van der Waals surface area contributed by atoms with E-state index in [-0.39, 0.29) is 0 Å². The molecular formula is C27H39N5O. The summed E-state index contributed by atoms with van der Waals surface area (Å²) in [5.74, 6) is 0.905. The fourth-order valence-corrected chi connectivity index (χ4v) is 4.63. The predicted octanol–water partition coefficient (Wildman–Crippen LogP) is 3.02. The average molecular weight is 450 g/mol. The van der Waals surface area contributed by atoms with E-state index < -0.39 is 0 Å². The van der Waals surface area contributed by atoms with Crippen molar-refractivity contribution in [2.24, 2.45) is 4.99 Å². The van der Waals surface area contributed by atoms with Crippen LogP contribution in [0.25, 0.3) is 0 Å². The van der Waals surface area contributed by atoms with Crippen LogP contribution in [-0.4, -0.2) is 68.2 Å². The lowest BCUT2D eigenvalue weighted by Crippen LogP contribution is -2.39. The molecule has 6 heteroatoms. The van der Waals surface area contributed by atoms with Crippen molar-refractivity contribution in [2.45, 2.75) is 39.4 Å². The fraction of sp³-hybridized carbons (Fsp3) is 0.519. The van der Waals surface area contributed by atoms with E-state index in [2.05, 4.69) is 75.9 Å². The topological polar surface area (TPSA) is 52.1 Å². The first-order valence-electron chi connectivity index (χ1n) is 12.5. The number of guanidine groups is 1. The molecule has 2 aromatic carbocycles. The molecule has 1 saturated heterocycles. The second-order valence-corrected chi connectivity index (χ2v) is 8.93. The maximum absolute atomic E-state index is 5.49. The molecule has 0 aromatic heterocycles. The molecule has 1 fully saturated rings. The maximum atomic E-state index is 5.49. The van der Waals surface area contributed by atoms with E-state index in [1.807, 2.05) is 0 Å². The van der Waals surface area contributed by atoms with Crippen LogP contribution >= 0.6 is 0 Å². The Kier molecular flexibility index (Phi) is 9.16. The van der Waals surface area contributed by atoms with Gasteiger partial charge in [0.1, 0.15) is 0 Å². The number of morpholine rings is 1.